The number of aliphatic hydroxyl groups is 2. The zero-order valence-electron chi connectivity index (χ0n) is 33.9. The number of nitrogens with one attached hydrogen (secondary N) is 1. The van der Waals surface area contributed by atoms with Gasteiger partial charge in [-0.25, -0.2) is 0 Å². The first-order chi connectivity index (χ1) is 27.3. The standard InChI is InChI=1S/C42H59FN4O9Si/c1-6-55-31-15-17-34-28(22-31)23-33(44-18-8-10-21-48)40(52)47(34)29-14-16-35-32(24-29)42(41(53)46(35)19-9-7-13-38(51)54-3)27(2)39(57(4,5)43)36(56-42)25-37(50)45-20-11-12-30(45)26-49/h14-17,22,24,27,30,33,36,39,44,48-49H,6-13,18-21,23,25-26H2,1-5H3/t27-,30+,33?,36+,39-,42+/m1/s1. The van der Waals surface area contributed by atoms with Crippen molar-refractivity contribution in [2.45, 2.75) is 114 Å². The number of esters is 1. The van der Waals surface area contributed by atoms with Crippen molar-refractivity contribution >= 4 is 49.2 Å². The minimum atomic E-state index is -3.61. The molecule has 6 atom stereocenters. The van der Waals surface area contributed by atoms with E-state index < -0.39 is 37.6 Å². The van der Waals surface area contributed by atoms with E-state index in [-0.39, 0.29) is 62.3 Å². The van der Waals surface area contributed by atoms with E-state index >= 15 is 8.90 Å². The molecule has 0 saturated carbocycles. The van der Waals surface area contributed by atoms with Gasteiger partial charge >= 0.3 is 5.97 Å². The predicted octanol–water partition coefficient (Wildman–Crippen LogP) is 4.88. The summed E-state index contributed by atoms with van der Waals surface area (Å²) in [5.41, 5.74) is 0.803. The van der Waals surface area contributed by atoms with E-state index in [1.807, 2.05) is 50.2 Å². The highest BCUT2D eigenvalue weighted by Crippen LogP contribution is 2.61. The van der Waals surface area contributed by atoms with Crippen molar-refractivity contribution in [3.63, 3.8) is 0 Å². The van der Waals surface area contributed by atoms with Crippen LogP contribution in [0.2, 0.25) is 18.6 Å². The molecular formula is C42H59FN4O9Si. The number of rotatable bonds is 17. The number of likely N-dealkylation sites (tertiary alicyclic amines) is 1. The summed E-state index contributed by atoms with van der Waals surface area (Å²) < 4.78 is 34.2. The zero-order chi connectivity index (χ0) is 41.1. The number of halogens is 1. The van der Waals surface area contributed by atoms with E-state index in [4.69, 9.17) is 14.2 Å². The van der Waals surface area contributed by atoms with E-state index in [1.54, 1.807) is 27.8 Å². The minimum Gasteiger partial charge on any atom is -0.494 e. The molecule has 2 aromatic carbocycles. The highest BCUT2D eigenvalue weighted by atomic mass is 28.4. The van der Waals surface area contributed by atoms with Gasteiger partial charge in [0, 0.05) is 48.8 Å². The van der Waals surface area contributed by atoms with Crippen LogP contribution in [-0.2, 0) is 40.7 Å². The van der Waals surface area contributed by atoms with Crippen molar-refractivity contribution in [2.24, 2.45) is 5.92 Å². The Balaban J connectivity index is 1.43. The molecule has 4 aliphatic heterocycles. The largest absolute Gasteiger partial charge is 0.494 e. The molecule has 3 amide bonds. The van der Waals surface area contributed by atoms with Crippen LogP contribution in [0.15, 0.2) is 36.4 Å². The lowest BCUT2D eigenvalue weighted by atomic mass is 9.82. The third-order valence-electron chi connectivity index (χ3n) is 12.2. The first kappa shape index (κ1) is 42.7. The Morgan fingerprint density at radius 1 is 1.07 bits per heavy atom. The average Bonchev–Trinajstić information content (AvgIpc) is 3.85. The molecule has 3 N–H and O–H groups in total. The van der Waals surface area contributed by atoms with Crippen molar-refractivity contribution in [2.75, 3.05) is 56.4 Å². The number of fused-ring (bicyclic) bond motifs is 3. The smallest absolute Gasteiger partial charge is 0.305 e. The van der Waals surface area contributed by atoms with Crippen LogP contribution in [0.3, 0.4) is 0 Å². The van der Waals surface area contributed by atoms with Gasteiger partial charge in [-0.3, -0.25) is 24.1 Å². The fraction of sp³-hybridized carbons (Fsp3) is 0.619. The number of methoxy groups -OCH3 is 1. The number of anilines is 3. The molecule has 4 heterocycles. The van der Waals surface area contributed by atoms with Gasteiger partial charge in [0.1, 0.15) is 5.75 Å². The maximum absolute atomic E-state index is 16.7. The fourth-order valence-electron chi connectivity index (χ4n) is 9.60. The van der Waals surface area contributed by atoms with E-state index in [0.717, 1.165) is 12.0 Å². The second-order valence-electron chi connectivity index (χ2n) is 16.3. The number of carbonyl (C=O) groups excluding carboxylic acids is 4. The highest BCUT2D eigenvalue weighted by Gasteiger charge is 2.67. The molecule has 13 nitrogen and oxygen atoms in total. The van der Waals surface area contributed by atoms with Gasteiger partial charge in [-0.2, -0.15) is 0 Å². The lowest BCUT2D eigenvalue weighted by molar-refractivity contribution is -0.150. The summed E-state index contributed by atoms with van der Waals surface area (Å²) in [7, 11) is -2.27. The van der Waals surface area contributed by atoms with Gasteiger partial charge in [-0.05, 0) is 113 Å². The molecule has 2 fully saturated rings. The lowest BCUT2D eigenvalue weighted by Crippen LogP contribution is -2.49. The number of amides is 3. The number of hydrogen-bond donors (Lipinski definition) is 3. The lowest BCUT2D eigenvalue weighted by Gasteiger charge is -2.36. The van der Waals surface area contributed by atoms with Crippen molar-refractivity contribution in [3.8, 4) is 5.75 Å². The molecule has 4 aliphatic rings. The number of unbranched alkanes of at least 4 members (excludes halogenated alkanes) is 2. The Labute approximate surface area is 336 Å². The van der Waals surface area contributed by atoms with Crippen molar-refractivity contribution in [1.29, 1.82) is 0 Å². The molecule has 15 heteroatoms. The molecule has 0 radical (unpaired) electrons. The zero-order valence-corrected chi connectivity index (χ0v) is 34.9. The normalized spacial score (nSPS) is 25.7. The average molecular weight is 811 g/mol. The first-order valence-corrected chi connectivity index (χ1v) is 23.5. The predicted molar refractivity (Wildman–Crippen MR) is 216 cm³/mol. The van der Waals surface area contributed by atoms with Crippen LogP contribution in [0.25, 0.3) is 0 Å². The number of hydrogen-bond acceptors (Lipinski definition) is 10. The van der Waals surface area contributed by atoms with Gasteiger partial charge < -0.3 is 43.6 Å². The van der Waals surface area contributed by atoms with Crippen molar-refractivity contribution in [3.05, 3.63) is 47.5 Å². The number of nitrogens with zero attached hydrogens (tertiary/aromatic N) is 3. The Hall–Kier alpha value is -3.89. The molecule has 2 aromatic rings. The Kier molecular flexibility index (Phi) is 13.4. The second-order valence-corrected chi connectivity index (χ2v) is 20.1. The maximum Gasteiger partial charge on any atom is 0.305 e. The van der Waals surface area contributed by atoms with Crippen LogP contribution in [-0.4, -0.2) is 112 Å². The number of carbonyl (C=O) groups is 4. The third-order valence-corrected chi connectivity index (χ3v) is 14.7. The van der Waals surface area contributed by atoms with Gasteiger partial charge in [-0.1, -0.05) is 6.92 Å². The molecule has 0 bridgehead atoms. The van der Waals surface area contributed by atoms with Crippen molar-refractivity contribution in [1.82, 2.24) is 10.2 Å². The van der Waals surface area contributed by atoms with E-state index in [9.17, 15) is 24.6 Å². The monoisotopic (exact) mass is 810 g/mol. The number of aliphatic hydroxyl groups excluding tert-OH is 2. The third kappa shape index (κ3) is 8.36. The molecule has 57 heavy (non-hydrogen) atoms. The maximum atomic E-state index is 16.7. The van der Waals surface area contributed by atoms with Crippen LogP contribution in [0.4, 0.5) is 21.2 Å². The van der Waals surface area contributed by atoms with Crippen molar-refractivity contribution < 1.29 is 47.7 Å². The van der Waals surface area contributed by atoms with E-state index in [1.165, 1.54) is 7.11 Å². The topological polar surface area (TPSA) is 158 Å². The Morgan fingerprint density at radius 3 is 2.54 bits per heavy atom. The summed E-state index contributed by atoms with van der Waals surface area (Å²) in [6.07, 6.45) is 3.31. The molecule has 1 spiro atoms. The number of ether oxygens (including phenoxy) is 3. The minimum absolute atomic E-state index is 0.0603. The SMILES string of the molecule is CCOc1ccc2c(c1)CC(NCCCCO)C(=O)N2c1ccc2c(c1)[C@]1(O[C@@H](CC(=O)N3CCC[C@H]3CO)[C@H]([Si](C)(C)F)[C@H]1C)C(=O)N2CCCCC(=O)OC. The van der Waals surface area contributed by atoms with Crippen LogP contribution in [0.1, 0.15) is 76.3 Å². The summed E-state index contributed by atoms with van der Waals surface area (Å²) in [4.78, 5) is 60.3. The fourth-order valence-corrected chi connectivity index (χ4v) is 12.1. The second kappa shape index (κ2) is 17.9. The summed E-state index contributed by atoms with van der Waals surface area (Å²) >= 11 is 0. The Morgan fingerprint density at radius 2 is 1.84 bits per heavy atom. The molecule has 2 saturated heterocycles. The molecule has 6 rings (SSSR count). The molecular weight excluding hydrogens is 752 g/mol. The summed E-state index contributed by atoms with van der Waals surface area (Å²) in [5.74, 6) is -1.11. The first-order valence-electron chi connectivity index (χ1n) is 20.5. The van der Waals surface area contributed by atoms with Gasteiger partial charge in [0.05, 0.1) is 56.3 Å². The van der Waals surface area contributed by atoms with Gasteiger partial charge in [0.25, 0.3) is 5.91 Å². The summed E-state index contributed by atoms with van der Waals surface area (Å²) in [5, 5.41) is 22.7. The van der Waals surface area contributed by atoms with E-state index in [0.29, 0.717) is 86.6 Å². The summed E-state index contributed by atoms with van der Waals surface area (Å²) in [6, 6.07) is 10.2. The van der Waals surface area contributed by atoms with E-state index in [2.05, 4.69) is 5.32 Å². The molecule has 1 unspecified atom stereocenters. The molecule has 312 valence electrons. The van der Waals surface area contributed by atoms with Gasteiger partial charge in [0.2, 0.25) is 20.2 Å². The van der Waals surface area contributed by atoms with Crippen LogP contribution < -0.4 is 19.9 Å². The summed E-state index contributed by atoms with van der Waals surface area (Å²) in [6.45, 7) is 8.61. The number of benzene rings is 2. The van der Waals surface area contributed by atoms with Gasteiger partial charge in [-0.15, -0.1) is 0 Å². The Bertz CT molecular complexity index is 1810. The molecule has 0 aromatic heterocycles. The quantitative estimate of drug-likeness (QED) is 0.0872. The van der Waals surface area contributed by atoms with Crippen LogP contribution >= 0.6 is 0 Å². The molecule has 0 aliphatic carbocycles. The van der Waals surface area contributed by atoms with Crippen LogP contribution in [0.5, 0.6) is 5.75 Å². The van der Waals surface area contributed by atoms with Gasteiger partial charge in [0.15, 0.2) is 5.60 Å². The highest BCUT2D eigenvalue weighted by molar-refractivity contribution is 6.72. The van der Waals surface area contributed by atoms with Crippen LogP contribution in [0, 0.1) is 5.92 Å².